The van der Waals surface area contributed by atoms with Crippen LogP contribution in [0.3, 0.4) is 0 Å². The fraction of sp³-hybridized carbons (Fsp3) is 0.381. The van der Waals surface area contributed by atoms with Gasteiger partial charge in [-0.1, -0.05) is 25.4 Å². The zero-order chi connectivity index (χ0) is 21.8. The quantitative estimate of drug-likeness (QED) is 0.568. The lowest BCUT2D eigenvalue weighted by atomic mass is 9.93. The maximum absolute atomic E-state index is 12.2. The van der Waals surface area contributed by atoms with E-state index in [1.165, 1.54) is 17.9 Å². The van der Waals surface area contributed by atoms with Crippen LogP contribution < -0.4 is 15.0 Å². The van der Waals surface area contributed by atoms with E-state index >= 15 is 0 Å². The third-order valence-electron chi connectivity index (χ3n) is 5.04. The number of aromatic nitrogens is 5. The van der Waals surface area contributed by atoms with Gasteiger partial charge in [0.2, 0.25) is 5.88 Å². The van der Waals surface area contributed by atoms with Crippen LogP contribution in [0.2, 0.25) is 5.02 Å². The van der Waals surface area contributed by atoms with E-state index < -0.39 is 5.56 Å². The van der Waals surface area contributed by atoms with Gasteiger partial charge in [-0.3, -0.25) is 9.78 Å². The molecule has 0 aromatic carbocycles. The topological polar surface area (TPSA) is 92.0 Å². The van der Waals surface area contributed by atoms with Crippen LogP contribution in [0, 0.1) is 12.8 Å². The van der Waals surface area contributed by atoms with Crippen LogP contribution in [-0.2, 0) is 7.05 Å². The standard InChI is InChI=1S/C21H24ClN5O3/c1-12(13(2)18-7-6-15(29-5)8-24-18)11-30-20-17(9-23-14(3)26-20)16-10-25-27(4)21(28)19(16)22/h6-10,12-13H,11H2,1-5H3/t12?,13-/m0/s1. The van der Waals surface area contributed by atoms with Crippen LogP contribution in [0.4, 0.5) is 0 Å². The summed E-state index contributed by atoms with van der Waals surface area (Å²) in [6.07, 6.45) is 4.81. The normalized spacial score (nSPS) is 13.0. The Balaban J connectivity index is 1.82. The minimum Gasteiger partial charge on any atom is -0.495 e. The highest BCUT2D eigenvalue weighted by Gasteiger charge is 2.20. The maximum atomic E-state index is 12.2. The molecule has 0 saturated carbocycles. The first kappa shape index (κ1) is 21.7. The fourth-order valence-electron chi connectivity index (χ4n) is 2.87. The van der Waals surface area contributed by atoms with Crippen molar-refractivity contribution in [3.8, 4) is 22.8 Å². The number of nitrogens with zero attached hydrogens (tertiary/aromatic N) is 5. The molecule has 30 heavy (non-hydrogen) atoms. The van der Waals surface area contributed by atoms with Crippen LogP contribution in [-0.4, -0.2) is 38.4 Å². The zero-order valence-electron chi connectivity index (χ0n) is 17.6. The van der Waals surface area contributed by atoms with Gasteiger partial charge in [0, 0.05) is 30.4 Å². The molecule has 0 N–H and O–H groups in total. The molecule has 1 unspecified atom stereocenters. The number of ether oxygens (including phenoxy) is 2. The lowest BCUT2D eigenvalue weighted by Crippen LogP contribution is -2.20. The highest BCUT2D eigenvalue weighted by Crippen LogP contribution is 2.32. The molecule has 9 heteroatoms. The molecule has 8 nitrogen and oxygen atoms in total. The van der Waals surface area contributed by atoms with Gasteiger partial charge in [-0.25, -0.2) is 9.67 Å². The van der Waals surface area contributed by atoms with E-state index in [4.69, 9.17) is 21.1 Å². The zero-order valence-corrected chi connectivity index (χ0v) is 18.3. The molecule has 3 rings (SSSR count). The van der Waals surface area contributed by atoms with Gasteiger partial charge in [0.05, 0.1) is 31.7 Å². The van der Waals surface area contributed by atoms with Crippen LogP contribution in [0.25, 0.3) is 11.1 Å². The van der Waals surface area contributed by atoms with Gasteiger partial charge in [-0.05, 0) is 25.0 Å². The third-order valence-corrected chi connectivity index (χ3v) is 5.41. The Morgan fingerprint density at radius 1 is 1.13 bits per heavy atom. The van der Waals surface area contributed by atoms with Crippen LogP contribution in [0.1, 0.15) is 31.3 Å². The van der Waals surface area contributed by atoms with E-state index in [0.29, 0.717) is 29.4 Å². The summed E-state index contributed by atoms with van der Waals surface area (Å²) >= 11 is 6.26. The van der Waals surface area contributed by atoms with Crippen molar-refractivity contribution in [1.82, 2.24) is 24.7 Å². The molecule has 3 heterocycles. The molecular weight excluding hydrogens is 406 g/mol. The number of hydrogen-bond donors (Lipinski definition) is 0. The van der Waals surface area contributed by atoms with E-state index in [-0.39, 0.29) is 16.9 Å². The van der Waals surface area contributed by atoms with E-state index in [1.807, 2.05) is 12.1 Å². The number of hydrogen-bond acceptors (Lipinski definition) is 7. The predicted octanol–water partition coefficient (Wildman–Crippen LogP) is 3.42. The first-order chi connectivity index (χ1) is 14.3. The van der Waals surface area contributed by atoms with Gasteiger partial charge in [0.15, 0.2) is 0 Å². The van der Waals surface area contributed by atoms with Crippen molar-refractivity contribution < 1.29 is 9.47 Å². The molecule has 0 fully saturated rings. The SMILES string of the molecule is COc1ccc([C@@H](C)C(C)COc2nc(C)ncc2-c2cnn(C)c(=O)c2Cl)nc1. The number of pyridine rings is 1. The number of rotatable bonds is 7. The van der Waals surface area contributed by atoms with Gasteiger partial charge >= 0.3 is 0 Å². The monoisotopic (exact) mass is 429 g/mol. The van der Waals surface area contributed by atoms with E-state index in [9.17, 15) is 4.79 Å². The van der Waals surface area contributed by atoms with E-state index in [2.05, 4.69) is 33.9 Å². The van der Waals surface area contributed by atoms with Crippen molar-refractivity contribution in [3.05, 3.63) is 57.6 Å². The van der Waals surface area contributed by atoms with Crippen molar-refractivity contribution >= 4 is 11.6 Å². The predicted molar refractivity (Wildman–Crippen MR) is 114 cm³/mol. The molecule has 0 spiro atoms. The largest absolute Gasteiger partial charge is 0.495 e. The molecule has 3 aromatic rings. The van der Waals surface area contributed by atoms with Crippen LogP contribution in [0.5, 0.6) is 11.6 Å². The second-order valence-electron chi connectivity index (χ2n) is 7.14. The van der Waals surface area contributed by atoms with E-state index in [0.717, 1.165) is 11.4 Å². The van der Waals surface area contributed by atoms with Gasteiger partial charge in [-0.15, -0.1) is 0 Å². The van der Waals surface area contributed by atoms with Gasteiger partial charge in [-0.2, -0.15) is 10.1 Å². The Morgan fingerprint density at radius 2 is 1.90 bits per heavy atom. The lowest BCUT2D eigenvalue weighted by molar-refractivity contribution is 0.233. The van der Waals surface area contributed by atoms with Crippen LogP contribution in [0.15, 0.2) is 35.5 Å². The number of aryl methyl sites for hydroxylation is 2. The first-order valence-corrected chi connectivity index (χ1v) is 9.88. The van der Waals surface area contributed by atoms with Crippen molar-refractivity contribution in [1.29, 1.82) is 0 Å². The summed E-state index contributed by atoms with van der Waals surface area (Å²) in [4.78, 5) is 25.3. The van der Waals surface area contributed by atoms with Crippen molar-refractivity contribution in [2.45, 2.75) is 26.7 Å². The summed E-state index contributed by atoms with van der Waals surface area (Å²) < 4.78 is 12.4. The molecule has 0 radical (unpaired) electrons. The Labute approximate surface area is 179 Å². The molecule has 0 amide bonds. The Morgan fingerprint density at radius 3 is 2.57 bits per heavy atom. The van der Waals surface area contributed by atoms with Crippen molar-refractivity contribution in [2.24, 2.45) is 13.0 Å². The molecule has 0 aliphatic carbocycles. The number of halogens is 1. The minimum atomic E-state index is -0.395. The van der Waals surface area contributed by atoms with Gasteiger partial charge in [0.1, 0.15) is 16.6 Å². The average Bonchev–Trinajstić information content (AvgIpc) is 2.76. The van der Waals surface area contributed by atoms with Crippen molar-refractivity contribution in [2.75, 3.05) is 13.7 Å². The first-order valence-electron chi connectivity index (χ1n) is 9.50. The minimum absolute atomic E-state index is 0.0497. The summed E-state index contributed by atoms with van der Waals surface area (Å²) in [5, 5.41) is 4.10. The Bertz CT molecular complexity index is 1080. The molecule has 2 atom stereocenters. The van der Waals surface area contributed by atoms with Gasteiger partial charge < -0.3 is 9.47 Å². The highest BCUT2D eigenvalue weighted by atomic mass is 35.5. The van der Waals surface area contributed by atoms with Gasteiger partial charge in [0.25, 0.3) is 5.56 Å². The summed E-state index contributed by atoms with van der Waals surface area (Å²) in [5.41, 5.74) is 1.52. The molecule has 3 aromatic heterocycles. The second kappa shape index (κ2) is 9.21. The lowest BCUT2D eigenvalue weighted by Gasteiger charge is -2.21. The molecule has 158 valence electrons. The molecule has 0 aliphatic heterocycles. The summed E-state index contributed by atoms with van der Waals surface area (Å²) in [7, 11) is 3.15. The van der Waals surface area contributed by atoms with E-state index in [1.54, 1.807) is 26.4 Å². The van der Waals surface area contributed by atoms with Crippen LogP contribution >= 0.6 is 11.6 Å². The smallest absolute Gasteiger partial charge is 0.285 e. The summed E-state index contributed by atoms with van der Waals surface area (Å²) in [5.74, 6) is 1.93. The summed E-state index contributed by atoms with van der Waals surface area (Å²) in [6.45, 7) is 6.34. The number of methoxy groups -OCH3 is 1. The third kappa shape index (κ3) is 4.59. The van der Waals surface area contributed by atoms with Crippen molar-refractivity contribution in [3.63, 3.8) is 0 Å². The fourth-order valence-corrected chi connectivity index (χ4v) is 3.14. The Kier molecular flexibility index (Phi) is 6.66. The maximum Gasteiger partial charge on any atom is 0.285 e. The Hall–Kier alpha value is -3.00. The molecule has 0 bridgehead atoms. The molecule has 0 saturated heterocycles. The summed E-state index contributed by atoms with van der Waals surface area (Å²) in [6, 6.07) is 3.84. The highest BCUT2D eigenvalue weighted by molar-refractivity contribution is 6.33. The average molecular weight is 430 g/mol. The second-order valence-corrected chi connectivity index (χ2v) is 7.51. The molecule has 0 aliphatic rings. The molecular formula is C21H24ClN5O3.